The van der Waals surface area contributed by atoms with Crippen LogP contribution in [0.2, 0.25) is 0 Å². The van der Waals surface area contributed by atoms with Gasteiger partial charge in [-0.3, -0.25) is 19.7 Å². The van der Waals surface area contributed by atoms with E-state index in [1.165, 1.54) is 12.8 Å². The van der Waals surface area contributed by atoms with Crippen LogP contribution < -0.4 is 16.0 Å². The maximum atomic E-state index is 13.5. The number of piperidine rings is 1. The lowest BCUT2D eigenvalue weighted by Crippen LogP contribution is -2.55. The van der Waals surface area contributed by atoms with Crippen molar-refractivity contribution in [2.75, 3.05) is 39.8 Å². The molecule has 3 N–H and O–H groups in total. The first-order valence-corrected chi connectivity index (χ1v) is 14.4. The molecular weight excluding hydrogens is 466 g/mol. The van der Waals surface area contributed by atoms with E-state index in [9.17, 15) is 14.4 Å². The normalized spacial score (nSPS) is 39.7. The highest BCUT2D eigenvalue weighted by Crippen LogP contribution is 2.40. The number of amides is 3. The van der Waals surface area contributed by atoms with E-state index in [1.54, 1.807) is 16.7 Å². The van der Waals surface area contributed by atoms with E-state index in [0.717, 1.165) is 25.7 Å². The summed E-state index contributed by atoms with van der Waals surface area (Å²) in [6.45, 7) is 5.11. The van der Waals surface area contributed by atoms with Crippen molar-refractivity contribution in [2.24, 2.45) is 17.8 Å². The van der Waals surface area contributed by atoms with Crippen LogP contribution in [0.25, 0.3) is 0 Å². The molecule has 4 saturated heterocycles. The van der Waals surface area contributed by atoms with Gasteiger partial charge in [-0.15, -0.1) is 11.8 Å². The Kier molecular flexibility index (Phi) is 7.91. The van der Waals surface area contributed by atoms with E-state index >= 15 is 0 Å². The summed E-state index contributed by atoms with van der Waals surface area (Å²) in [5, 5.41) is 10.6. The summed E-state index contributed by atoms with van der Waals surface area (Å²) in [6.07, 6.45) is 7.35. The van der Waals surface area contributed by atoms with E-state index in [2.05, 4.69) is 22.9 Å². The monoisotopic (exact) mass is 507 g/mol. The van der Waals surface area contributed by atoms with Gasteiger partial charge in [0.2, 0.25) is 17.7 Å². The molecule has 8 atom stereocenters. The molecule has 1 saturated carbocycles. The van der Waals surface area contributed by atoms with Gasteiger partial charge in [0.05, 0.1) is 18.6 Å². The summed E-state index contributed by atoms with van der Waals surface area (Å²) in [6, 6.07) is 0.584. The summed E-state index contributed by atoms with van der Waals surface area (Å²) in [5.74, 6) is 0.973. The summed E-state index contributed by atoms with van der Waals surface area (Å²) in [5.41, 5.74) is -0.125. The molecular formula is C25H41N5O4S. The molecule has 0 bridgehead atoms. The highest BCUT2D eigenvalue weighted by molar-refractivity contribution is 8.00. The molecule has 0 spiro atoms. The smallest absolute Gasteiger partial charge is 0.242 e. The van der Waals surface area contributed by atoms with Crippen LogP contribution in [-0.2, 0) is 19.1 Å². The first-order valence-electron chi connectivity index (χ1n) is 13.5. The van der Waals surface area contributed by atoms with Crippen LogP contribution in [0.1, 0.15) is 51.9 Å². The van der Waals surface area contributed by atoms with Gasteiger partial charge >= 0.3 is 0 Å². The standard InChI is InChI=1S/C25H41N5O4S/c1-15-10-17(16-6-3-4-7-20(16)34-2)18(11-26-15)24(33)28-25-27-19-12-30(13-21(19)35-25)23(32)14-29-9-5-8-22(29)31/h15-21,25-27H,3-14H2,1-2H3,(H,28,33). The molecule has 5 rings (SSSR count). The molecule has 0 aromatic carbocycles. The van der Waals surface area contributed by atoms with Gasteiger partial charge in [-0.1, -0.05) is 12.8 Å². The fourth-order valence-electron chi connectivity index (χ4n) is 6.93. The number of nitrogens with zero attached hydrogens (tertiary/aromatic N) is 2. The number of hydrogen-bond donors (Lipinski definition) is 3. The largest absolute Gasteiger partial charge is 0.381 e. The van der Waals surface area contributed by atoms with E-state index in [-0.39, 0.29) is 53.1 Å². The fraction of sp³-hybridized carbons (Fsp3) is 0.880. The lowest BCUT2D eigenvalue weighted by atomic mass is 9.68. The number of nitrogens with one attached hydrogen (secondary N) is 3. The maximum Gasteiger partial charge on any atom is 0.242 e. The third-order valence-electron chi connectivity index (χ3n) is 8.84. The molecule has 35 heavy (non-hydrogen) atoms. The van der Waals surface area contributed by atoms with Crippen LogP contribution in [0.5, 0.6) is 0 Å². The summed E-state index contributed by atoms with van der Waals surface area (Å²) in [7, 11) is 1.82. The van der Waals surface area contributed by atoms with Crippen LogP contribution in [0, 0.1) is 17.8 Å². The number of fused-ring (bicyclic) bond motifs is 1. The van der Waals surface area contributed by atoms with Crippen molar-refractivity contribution in [3.63, 3.8) is 0 Å². The van der Waals surface area contributed by atoms with Gasteiger partial charge < -0.3 is 25.2 Å². The highest BCUT2D eigenvalue weighted by atomic mass is 32.2. The van der Waals surface area contributed by atoms with Crippen molar-refractivity contribution in [3.05, 3.63) is 0 Å². The van der Waals surface area contributed by atoms with Crippen LogP contribution in [0.4, 0.5) is 0 Å². The zero-order chi connectivity index (χ0) is 24.5. The Morgan fingerprint density at radius 2 is 2.00 bits per heavy atom. The van der Waals surface area contributed by atoms with Crippen LogP contribution >= 0.6 is 11.8 Å². The number of methoxy groups -OCH3 is 1. The van der Waals surface area contributed by atoms with Crippen molar-refractivity contribution in [3.8, 4) is 0 Å². The SMILES string of the molecule is COC1CCCCC1C1CC(C)NCC1C(=O)NC1NC2CN(C(=O)CN3CCCC3=O)CC2S1. The molecule has 4 aliphatic heterocycles. The van der Waals surface area contributed by atoms with Crippen molar-refractivity contribution in [2.45, 2.75) is 80.8 Å². The first kappa shape index (κ1) is 25.3. The Balaban J connectivity index is 1.14. The second-order valence-corrected chi connectivity index (χ2v) is 12.4. The molecule has 10 heteroatoms. The minimum atomic E-state index is -0.125. The Bertz CT molecular complexity index is 801. The highest BCUT2D eigenvalue weighted by Gasteiger charge is 2.46. The van der Waals surface area contributed by atoms with Crippen molar-refractivity contribution in [1.29, 1.82) is 0 Å². The van der Waals surface area contributed by atoms with E-state index < -0.39 is 0 Å². The molecule has 196 valence electrons. The average Bonchev–Trinajstić information content (AvgIpc) is 3.54. The summed E-state index contributed by atoms with van der Waals surface area (Å²) in [4.78, 5) is 41.6. The van der Waals surface area contributed by atoms with Crippen molar-refractivity contribution >= 4 is 29.5 Å². The third-order valence-corrected chi connectivity index (χ3v) is 10.2. The predicted molar refractivity (Wildman–Crippen MR) is 134 cm³/mol. The zero-order valence-corrected chi connectivity index (χ0v) is 21.9. The molecule has 9 nitrogen and oxygen atoms in total. The average molecular weight is 508 g/mol. The minimum absolute atomic E-state index is 0.0306. The number of rotatable bonds is 6. The number of thioether (sulfide) groups is 1. The molecule has 0 radical (unpaired) electrons. The van der Waals surface area contributed by atoms with Gasteiger partial charge in [-0.25, -0.2) is 0 Å². The summed E-state index contributed by atoms with van der Waals surface area (Å²) >= 11 is 1.72. The molecule has 0 aromatic rings. The maximum absolute atomic E-state index is 13.5. The molecule has 8 unspecified atom stereocenters. The Morgan fingerprint density at radius 3 is 2.74 bits per heavy atom. The molecule has 5 fully saturated rings. The van der Waals surface area contributed by atoms with E-state index in [1.807, 2.05) is 12.0 Å². The molecule has 3 amide bonds. The lowest BCUT2D eigenvalue weighted by molar-refractivity contribution is -0.137. The number of carbonyl (C=O) groups is 3. The number of hydrogen-bond acceptors (Lipinski definition) is 7. The van der Waals surface area contributed by atoms with Crippen LogP contribution in [0.15, 0.2) is 0 Å². The topological polar surface area (TPSA) is 103 Å². The van der Waals surface area contributed by atoms with Crippen LogP contribution in [0.3, 0.4) is 0 Å². The quantitative estimate of drug-likeness (QED) is 0.487. The number of likely N-dealkylation sites (tertiary alicyclic amines) is 2. The van der Waals surface area contributed by atoms with Gasteiger partial charge in [-0.05, 0) is 44.4 Å². The minimum Gasteiger partial charge on any atom is -0.381 e. The van der Waals surface area contributed by atoms with Crippen LogP contribution in [-0.4, -0.2) is 96.3 Å². The Hall–Kier alpha value is -1.36. The predicted octanol–water partition coefficient (Wildman–Crippen LogP) is 0.744. The molecule has 4 heterocycles. The molecule has 5 aliphatic rings. The zero-order valence-electron chi connectivity index (χ0n) is 21.0. The van der Waals surface area contributed by atoms with Gasteiger partial charge in [0.25, 0.3) is 0 Å². The van der Waals surface area contributed by atoms with Gasteiger partial charge in [0.15, 0.2) is 0 Å². The second-order valence-electron chi connectivity index (χ2n) is 11.1. The number of carbonyl (C=O) groups excluding carboxylic acids is 3. The van der Waals surface area contributed by atoms with Gasteiger partial charge in [0, 0.05) is 57.0 Å². The fourth-order valence-corrected chi connectivity index (χ4v) is 8.34. The van der Waals surface area contributed by atoms with Gasteiger partial charge in [-0.2, -0.15) is 0 Å². The van der Waals surface area contributed by atoms with E-state index in [4.69, 9.17) is 4.74 Å². The number of ether oxygens (including phenoxy) is 1. The van der Waals surface area contributed by atoms with E-state index in [0.29, 0.717) is 50.5 Å². The molecule has 1 aliphatic carbocycles. The molecule has 0 aromatic heterocycles. The first-order chi connectivity index (χ1) is 16.9. The van der Waals surface area contributed by atoms with Crippen molar-refractivity contribution in [1.82, 2.24) is 25.8 Å². The summed E-state index contributed by atoms with van der Waals surface area (Å²) < 4.78 is 5.86. The van der Waals surface area contributed by atoms with Crippen molar-refractivity contribution < 1.29 is 19.1 Å². The van der Waals surface area contributed by atoms with Gasteiger partial charge in [0.1, 0.15) is 5.50 Å². The third kappa shape index (κ3) is 5.50. The Labute approximate surface area is 212 Å². The second kappa shape index (κ2) is 10.9. The Morgan fingerprint density at radius 1 is 1.17 bits per heavy atom. The lowest BCUT2D eigenvalue weighted by Gasteiger charge is -2.44.